The Kier molecular flexibility index (Phi) is 5.30. The highest BCUT2D eigenvalue weighted by molar-refractivity contribution is 7.09. The van der Waals surface area contributed by atoms with E-state index in [4.69, 9.17) is 9.84 Å². The molecule has 0 saturated carbocycles. The maximum atomic E-state index is 11.8. The van der Waals surface area contributed by atoms with Gasteiger partial charge in [0.15, 0.2) is 0 Å². The fraction of sp³-hybridized carbons (Fsp3) is 0.333. The third kappa shape index (κ3) is 4.54. The second-order valence-corrected chi connectivity index (χ2v) is 5.65. The molecule has 0 radical (unpaired) electrons. The molecule has 0 saturated heterocycles. The second kappa shape index (κ2) is 7.19. The van der Waals surface area contributed by atoms with Gasteiger partial charge in [-0.1, -0.05) is 12.1 Å². The Bertz CT molecular complexity index is 593. The number of carbonyl (C=O) groups excluding carboxylic acids is 1. The average Bonchev–Trinajstić information content (AvgIpc) is 2.94. The van der Waals surface area contributed by atoms with Crippen LogP contribution < -0.4 is 10.1 Å². The quantitative estimate of drug-likeness (QED) is 0.854. The highest BCUT2D eigenvalue weighted by Crippen LogP contribution is 2.17. The van der Waals surface area contributed by atoms with E-state index in [0.29, 0.717) is 12.1 Å². The Balaban J connectivity index is 1.97. The average molecular weight is 306 g/mol. The molecule has 1 aromatic heterocycles. The maximum absolute atomic E-state index is 11.8. The minimum absolute atomic E-state index is 0.226. The molecule has 6 heteroatoms. The molecule has 112 valence electrons. The van der Waals surface area contributed by atoms with Gasteiger partial charge in [0.05, 0.1) is 18.2 Å². The summed E-state index contributed by atoms with van der Waals surface area (Å²) in [5.74, 6) is 0.559. The lowest BCUT2D eigenvalue weighted by molar-refractivity contribution is 0.0919. The molecular formula is C15H18N2O3S. The summed E-state index contributed by atoms with van der Waals surface area (Å²) in [5.41, 5.74) is 1.50. The fourth-order valence-electron chi connectivity index (χ4n) is 1.75. The second-order valence-electron chi connectivity index (χ2n) is 4.71. The van der Waals surface area contributed by atoms with Crippen LogP contribution in [0.5, 0.6) is 5.75 Å². The van der Waals surface area contributed by atoms with Gasteiger partial charge in [-0.05, 0) is 24.6 Å². The number of nitrogens with zero attached hydrogens (tertiary/aromatic N) is 1. The number of ether oxygens (including phenoxy) is 1. The van der Waals surface area contributed by atoms with Crippen molar-refractivity contribution in [1.82, 2.24) is 10.3 Å². The first kappa shape index (κ1) is 15.5. The molecule has 0 spiro atoms. The summed E-state index contributed by atoms with van der Waals surface area (Å²) in [4.78, 5) is 16.1. The van der Waals surface area contributed by atoms with E-state index in [9.17, 15) is 4.79 Å². The molecule has 0 aliphatic heterocycles. The van der Waals surface area contributed by atoms with Gasteiger partial charge in [-0.25, -0.2) is 4.98 Å². The van der Waals surface area contributed by atoms with E-state index < -0.39 is 6.10 Å². The SMILES string of the molecule is COc1ccc(Cc2nc(C(=O)NCC(C)O)cs2)cc1. The van der Waals surface area contributed by atoms with Gasteiger partial charge in [0.1, 0.15) is 11.4 Å². The third-order valence-electron chi connectivity index (χ3n) is 2.86. The van der Waals surface area contributed by atoms with Gasteiger partial charge in [0.2, 0.25) is 0 Å². The monoisotopic (exact) mass is 306 g/mol. The summed E-state index contributed by atoms with van der Waals surface area (Å²) in [6.07, 6.45) is 0.115. The predicted octanol–water partition coefficient (Wildman–Crippen LogP) is 1.85. The smallest absolute Gasteiger partial charge is 0.270 e. The van der Waals surface area contributed by atoms with Crippen LogP contribution in [0.25, 0.3) is 0 Å². The lowest BCUT2D eigenvalue weighted by Crippen LogP contribution is -2.30. The van der Waals surface area contributed by atoms with Crippen LogP contribution >= 0.6 is 11.3 Å². The number of aliphatic hydroxyl groups is 1. The van der Waals surface area contributed by atoms with Gasteiger partial charge < -0.3 is 15.2 Å². The van der Waals surface area contributed by atoms with Crippen LogP contribution in [0.1, 0.15) is 28.0 Å². The van der Waals surface area contributed by atoms with Crippen molar-refractivity contribution >= 4 is 17.2 Å². The first-order valence-electron chi connectivity index (χ1n) is 6.62. The molecule has 2 aromatic rings. The van der Waals surface area contributed by atoms with Gasteiger partial charge in [-0.15, -0.1) is 11.3 Å². The van der Waals surface area contributed by atoms with Crippen molar-refractivity contribution in [3.8, 4) is 5.75 Å². The van der Waals surface area contributed by atoms with Crippen LogP contribution in [-0.2, 0) is 6.42 Å². The van der Waals surface area contributed by atoms with Gasteiger partial charge in [0.25, 0.3) is 5.91 Å². The normalized spacial score (nSPS) is 12.0. The fourth-order valence-corrected chi connectivity index (χ4v) is 2.55. The number of aromatic nitrogens is 1. The summed E-state index contributed by atoms with van der Waals surface area (Å²) in [7, 11) is 1.63. The first-order valence-corrected chi connectivity index (χ1v) is 7.50. The van der Waals surface area contributed by atoms with Crippen molar-refractivity contribution < 1.29 is 14.6 Å². The van der Waals surface area contributed by atoms with E-state index in [-0.39, 0.29) is 12.5 Å². The number of carbonyl (C=O) groups is 1. The number of aliphatic hydroxyl groups excluding tert-OH is 1. The van der Waals surface area contributed by atoms with Crippen molar-refractivity contribution in [3.63, 3.8) is 0 Å². The molecule has 0 bridgehead atoms. The van der Waals surface area contributed by atoms with Crippen LogP contribution in [-0.4, -0.2) is 35.8 Å². The van der Waals surface area contributed by atoms with E-state index in [1.54, 1.807) is 19.4 Å². The molecule has 0 aliphatic carbocycles. The molecule has 5 nitrogen and oxygen atoms in total. The Hall–Kier alpha value is -1.92. The van der Waals surface area contributed by atoms with E-state index >= 15 is 0 Å². The Morgan fingerprint density at radius 2 is 2.14 bits per heavy atom. The lowest BCUT2D eigenvalue weighted by Gasteiger charge is -2.04. The van der Waals surface area contributed by atoms with Crippen LogP contribution in [0, 0.1) is 0 Å². The van der Waals surface area contributed by atoms with Gasteiger partial charge in [-0.2, -0.15) is 0 Å². The number of hydrogen-bond acceptors (Lipinski definition) is 5. The molecule has 1 amide bonds. The van der Waals surface area contributed by atoms with Crippen LogP contribution in [0.2, 0.25) is 0 Å². The molecule has 1 unspecified atom stereocenters. The summed E-state index contributed by atoms with van der Waals surface area (Å²) in [6.45, 7) is 1.85. The van der Waals surface area contributed by atoms with Crippen LogP contribution in [0.4, 0.5) is 0 Å². The minimum Gasteiger partial charge on any atom is -0.497 e. The molecule has 0 fully saturated rings. The number of benzene rings is 1. The Morgan fingerprint density at radius 1 is 1.43 bits per heavy atom. The lowest BCUT2D eigenvalue weighted by atomic mass is 10.1. The Morgan fingerprint density at radius 3 is 2.76 bits per heavy atom. The zero-order chi connectivity index (χ0) is 15.2. The molecule has 1 atom stereocenters. The van der Waals surface area contributed by atoms with Crippen molar-refractivity contribution in [2.45, 2.75) is 19.4 Å². The number of rotatable bonds is 6. The number of nitrogens with one attached hydrogen (secondary N) is 1. The molecule has 2 rings (SSSR count). The maximum Gasteiger partial charge on any atom is 0.270 e. The van der Waals surface area contributed by atoms with Crippen molar-refractivity contribution in [3.05, 3.63) is 45.9 Å². The third-order valence-corrected chi connectivity index (χ3v) is 3.71. The van der Waals surface area contributed by atoms with Gasteiger partial charge >= 0.3 is 0 Å². The van der Waals surface area contributed by atoms with Crippen LogP contribution in [0.3, 0.4) is 0 Å². The molecule has 21 heavy (non-hydrogen) atoms. The van der Waals surface area contributed by atoms with Crippen molar-refractivity contribution in [2.75, 3.05) is 13.7 Å². The van der Waals surface area contributed by atoms with E-state index in [2.05, 4.69) is 10.3 Å². The van der Waals surface area contributed by atoms with Crippen molar-refractivity contribution in [1.29, 1.82) is 0 Å². The Labute approximate surface area is 127 Å². The van der Waals surface area contributed by atoms with Crippen LogP contribution in [0.15, 0.2) is 29.6 Å². The van der Waals surface area contributed by atoms with E-state index in [1.807, 2.05) is 24.3 Å². The predicted molar refractivity (Wildman–Crippen MR) is 81.9 cm³/mol. The summed E-state index contributed by atoms with van der Waals surface area (Å²) >= 11 is 1.45. The molecule has 1 heterocycles. The number of hydrogen-bond donors (Lipinski definition) is 2. The topological polar surface area (TPSA) is 71.5 Å². The number of amides is 1. The van der Waals surface area contributed by atoms with Crippen molar-refractivity contribution in [2.24, 2.45) is 0 Å². The van der Waals surface area contributed by atoms with Gasteiger partial charge in [-0.3, -0.25) is 4.79 Å². The summed E-state index contributed by atoms with van der Waals surface area (Å²) < 4.78 is 5.11. The van der Waals surface area contributed by atoms with E-state index in [1.165, 1.54) is 11.3 Å². The zero-order valence-electron chi connectivity index (χ0n) is 12.0. The molecule has 0 aliphatic rings. The number of thiazole rings is 1. The molecular weight excluding hydrogens is 288 g/mol. The summed E-state index contributed by atoms with van der Waals surface area (Å²) in [6, 6.07) is 7.76. The zero-order valence-corrected chi connectivity index (χ0v) is 12.8. The molecule has 2 N–H and O–H groups in total. The minimum atomic E-state index is -0.564. The standard InChI is InChI=1S/C15H18N2O3S/c1-10(18)8-16-15(19)13-9-21-14(17-13)7-11-3-5-12(20-2)6-4-11/h3-6,9-10,18H,7-8H2,1-2H3,(H,16,19). The first-order chi connectivity index (χ1) is 10.1. The number of methoxy groups -OCH3 is 1. The highest BCUT2D eigenvalue weighted by Gasteiger charge is 2.11. The van der Waals surface area contributed by atoms with E-state index in [0.717, 1.165) is 16.3 Å². The molecule has 1 aromatic carbocycles. The highest BCUT2D eigenvalue weighted by atomic mass is 32.1. The summed E-state index contributed by atoms with van der Waals surface area (Å²) in [5, 5.41) is 14.4. The van der Waals surface area contributed by atoms with Gasteiger partial charge in [0, 0.05) is 18.3 Å². The largest absolute Gasteiger partial charge is 0.497 e.